The Morgan fingerprint density at radius 2 is 2.00 bits per heavy atom. The first-order valence-electron chi connectivity index (χ1n) is 9.11. The second kappa shape index (κ2) is 8.70. The first-order valence-corrected chi connectivity index (χ1v) is 11.0. The number of non-ortho nitro benzene ring substituents is 1. The number of hydrogen-bond acceptors (Lipinski definition) is 8. The molecule has 0 radical (unpaired) electrons. The number of phenolic OH excluding ortho intramolecular Hbond substituents is 1. The van der Waals surface area contributed by atoms with Gasteiger partial charge in [-0.05, 0) is 18.6 Å². The van der Waals surface area contributed by atoms with E-state index in [9.17, 15) is 20.0 Å². The largest absolute Gasteiger partial charge is 0.506 e. The number of carbonyl (C=O) groups excluding carboxylic acids is 1. The van der Waals surface area contributed by atoms with Crippen LogP contribution in [0.2, 0.25) is 0 Å². The number of nitro benzene ring substituents is 1. The van der Waals surface area contributed by atoms with Crippen LogP contribution in [0.25, 0.3) is 21.3 Å². The summed E-state index contributed by atoms with van der Waals surface area (Å²) in [5.41, 5.74) is 2.97. The van der Waals surface area contributed by atoms with Crippen molar-refractivity contribution >= 4 is 50.6 Å². The highest BCUT2D eigenvalue weighted by molar-refractivity contribution is 8.00. The second-order valence-electron chi connectivity index (χ2n) is 6.67. The molecule has 0 aliphatic heterocycles. The maximum absolute atomic E-state index is 12.4. The summed E-state index contributed by atoms with van der Waals surface area (Å²) < 4.78 is 0. The maximum Gasteiger partial charge on any atom is 0.271 e. The van der Waals surface area contributed by atoms with Crippen molar-refractivity contribution in [1.82, 2.24) is 9.97 Å². The Labute approximate surface area is 185 Å². The number of carbonyl (C=O) groups is 1. The molecule has 0 fully saturated rings. The summed E-state index contributed by atoms with van der Waals surface area (Å²) in [6, 6.07) is 11.6. The standard InChI is InChI=1S/C21H16N4O4S2/c1-12-2-4-13(5-3-12)15-9-30-20-19(15)21(23-11-22-20)31-10-18(27)24-16-8-14(25(28)29)6-7-17(16)26/h2-9,11,26H,10H2,1H3,(H,24,27). The van der Waals surface area contributed by atoms with E-state index in [1.165, 1.54) is 41.6 Å². The Bertz CT molecular complexity index is 1290. The first-order chi connectivity index (χ1) is 14.9. The lowest BCUT2D eigenvalue weighted by molar-refractivity contribution is -0.384. The van der Waals surface area contributed by atoms with Crippen molar-refractivity contribution in [2.45, 2.75) is 11.9 Å². The molecule has 2 N–H and O–H groups in total. The second-order valence-corrected chi connectivity index (χ2v) is 8.49. The van der Waals surface area contributed by atoms with Gasteiger partial charge in [0.15, 0.2) is 0 Å². The Balaban J connectivity index is 1.55. The van der Waals surface area contributed by atoms with Crippen molar-refractivity contribution in [1.29, 1.82) is 0 Å². The summed E-state index contributed by atoms with van der Waals surface area (Å²) in [5, 5.41) is 26.9. The molecule has 4 rings (SSSR count). The molecule has 0 saturated heterocycles. The molecule has 31 heavy (non-hydrogen) atoms. The molecule has 4 aromatic rings. The number of rotatable bonds is 6. The number of benzene rings is 2. The Hall–Kier alpha value is -3.50. The third-order valence-corrected chi connectivity index (χ3v) is 6.38. The van der Waals surface area contributed by atoms with Crippen LogP contribution >= 0.6 is 23.1 Å². The highest BCUT2D eigenvalue weighted by Gasteiger charge is 2.16. The number of nitrogens with zero attached hydrogens (tertiary/aromatic N) is 3. The van der Waals surface area contributed by atoms with E-state index in [-0.39, 0.29) is 22.9 Å². The lowest BCUT2D eigenvalue weighted by atomic mass is 10.1. The van der Waals surface area contributed by atoms with E-state index >= 15 is 0 Å². The van der Waals surface area contributed by atoms with Gasteiger partial charge in [-0.25, -0.2) is 9.97 Å². The number of aromatic nitrogens is 2. The average Bonchev–Trinajstić information content (AvgIpc) is 3.19. The molecular formula is C21H16N4O4S2. The Morgan fingerprint density at radius 1 is 1.23 bits per heavy atom. The molecule has 2 aromatic carbocycles. The minimum absolute atomic E-state index is 0.0106. The van der Waals surface area contributed by atoms with E-state index in [1.807, 2.05) is 36.6 Å². The molecule has 2 aromatic heterocycles. The van der Waals surface area contributed by atoms with Crippen molar-refractivity contribution < 1.29 is 14.8 Å². The predicted octanol–water partition coefficient (Wildman–Crippen LogP) is 5.01. The van der Waals surface area contributed by atoms with Gasteiger partial charge in [0.2, 0.25) is 5.91 Å². The molecule has 0 aliphatic rings. The van der Waals surface area contributed by atoms with Crippen LogP contribution in [0.5, 0.6) is 5.75 Å². The minimum atomic E-state index is -0.593. The van der Waals surface area contributed by atoms with Crippen LogP contribution in [-0.4, -0.2) is 31.7 Å². The van der Waals surface area contributed by atoms with Crippen LogP contribution in [0.3, 0.4) is 0 Å². The van der Waals surface area contributed by atoms with Gasteiger partial charge in [0.25, 0.3) is 5.69 Å². The van der Waals surface area contributed by atoms with Gasteiger partial charge in [-0.3, -0.25) is 14.9 Å². The van der Waals surface area contributed by atoms with Gasteiger partial charge in [-0.1, -0.05) is 41.6 Å². The number of anilines is 1. The summed E-state index contributed by atoms with van der Waals surface area (Å²) >= 11 is 2.75. The predicted molar refractivity (Wildman–Crippen MR) is 122 cm³/mol. The molecule has 0 spiro atoms. The number of nitro groups is 1. The zero-order chi connectivity index (χ0) is 22.0. The SMILES string of the molecule is Cc1ccc(-c2csc3ncnc(SCC(=O)Nc4cc([N+](=O)[O-])ccc4O)c23)cc1. The molecule has 10 heteroatoms. The van der Waals surface area contributed by atoms with Crippen LogP contribution in [-0.2, 0) is 4.79 Å². The molecule has 8 nitrogen and oxygen atoms in total. The van der Waals surface area contributed by atoms with Gasteiger partial charge in [-0.2, -0.15) is 0 Å². The fourth-order valence-electron chi connectivity index (χ4n) is 2.96. The van der Waals surface area contributed by atoms with Crippen molar-refractivity contribution in [2.75, 3.05) is 11.1 Å². The van der Waals surface area contributed by atoms with Gasteiger partial charge >= 0.3 is 0 Å². The Kier molecular flexibility index (Phi) is 5.83. The third-order valence-electron chi connectivity index (χ3n) is 4.50. The van der Waals surface area contributed by atoms with Crippen LogP contribution < -0.4 is 5.32 Å². The van der Waals surface area contributed by atoms with E-state index in [0.29, 0.717) is 5.03 Å². The summed E-state index contributed by atoms with van der Waals surface area (Å²) in [5.74, 6) is -0.648. The van der Waals surface area contributed by atoms with Crippen molar-refractivity contribution in [3.05, 3.63) is 69.8 Å². The molecule has 0 bridgehead atoms. The smallest absolute Gasteiger partial charge is 0.271 e. The number of aryl methyl sites for hydroxylation is 1. The van der Waals surface area contributed by atoms with Gasteiger partial charge in [-0.15, -0.1) is 11.3 Å². The fourth-order valence-corrected chi connectivity index (χ4v) is 4.75. The van der Waals surface area contributed by atoms with Gasteiger partial charge in [0, 0.05) is 23.1 Å². The highest BCUT2D eigenvalue weighted by Crippen LogP contribution is 2.38. The molecule has 2 heterocycles. The van der Waals surface area contributed by atoms with E-state index in [1.54, 1.807) is 0 Å². The van der Waals surface area contributed by atoms with Crippen LogP contribution in [0.1, 0.15) is 5.56 Å². The summed E-state index contributed by atoms with van der Waals surface area (Å²) in [6.45, 7) is 2.03. The normalized spacial score (nSPS) is 10.9. The Morgan fingerprint density at radius 3 is 2.74 bits per heavy atom. The van der Waals surface area contributed by atoms with Crippen LogP contribution in [0, 0.1) is 17.0 Å². The van der Waals surface area contributed by atoms with Crippen molar-refractivity contribution in [3.63, 3.8) is 0 Å². The number of aromatic hydroxyl groups is 1. The van der Waals surface area contributed by atoms with Gasteiger partial charge in [0.05, 0.1) is 21.7 Å². The number of fused-ring (bicyclic) bond motifs is 1. The maximum atomic E-state index is 12.4. The molecule has 0 atom stereocenters. The molecule has 1 amide bonds. The molecule has 0 unspecified atom stereocenters. The molecule has 156 valence electrons. The number of nitrogens with one attached hydrogen (secondary N) is 1. The number of thiophene rings is 1. The van der Waals surface area contributed by atoms with E-state index in [0.717, 1.165) is 33.0 Å². The average molecular weight is 453 g/mol. The topological polar surface area (TPSA) is 118 Å². The van der Waals surface area contributed by atoms with Crippen LogP contribution in [0.15, 0.2) is 59.2 Å². The number of thioether (sulfide) groups is 1. The van der Waals surface area contributed by atoms with Crippen LogP contribution in [0.4, 0.5) is 11.4 Å². The van der Waals surface area contributed by atoms with Crippen molar-refractivity contribution in [2.24, 2.45) is 0 Å². The summed E-state index contributed by atoms with van der Waals surface area (Å²) in [7, 11) is 0. The lowest BCUT2D eigenvalue weighted by Gasteiger charge is -2.08. The molecule has 0 aliphatic carbocycles. The van der Waals surface area contributed by atoms with E-state index in [2.05, 4.69) is 15.3 Å². The number of amides is 1. The van der Waals surface area contributed by atoms with E-state index in [4.69, 9.17) is 0 Å². The van der Waals surface area contributed by atoms with Crippen molar-refractivity contribution in [3.8, 4) is 16.9 Å². The summed E-state index contributed by atoms with van der Waals surface area (Å²) in [6.07, 6.45) is 1.46. The zero-order valence-electron chi connectivity index (χ0n) is 16.2. The van der Waals surface area contributed by atoms with Gasteiger partial charge < -0.3 is 10.4 Å². The van der Waals surface area contributed by atoms with E-state index < -0.39 is 10.8 Å². The zero-order valence-corrected chi connectivity index (χ0v) is 17.9. The lowest BCUT2D eigenvalue weighted by Crippen LogP contribution is -2.14. The highest BCUT2D eigenvalue weighted by atomic mass is 32.2. The number of hydrogen-bond donors (Lipinski definition) is 2. The fraction of sp³-hybridized carbons (Fsp3) is 0.0952. The molecule has 0 saturated carbocycles. The number of phenols is 1. The molecular weight excluding hydrogens is 436 g/mol. The quantitative estimate of drug-likeness (QED) is 0.139. The summed E-state index contributed by atoms with van der Waals surface area (Å²) in [4.78, 5) is 32.3. The third kappa shape index (κ3) is 4.49. The minimum Gasteiger partial charge on any atom is -0.506 e. The monoisotopic (exact) mass is 452 g/mol. The van der Waals surface area contributed by atoms with Gasteiger partial charge in [0.1, 0.15) is 21.9 Å². The first kappa shape index (κ1) is 20.8.